The van der Waals surface area contributed by atoms with E-state index in [0.29, 0.717) is 5.75 Å². The molecule has 0 radical (unpaired) electrons. The van der Waals surface area contributed by atoms with Crippen LogP contribution >= 0.6 is 34.4 Å². The molecule has 0 aliphatic heterocycles. The first kappa shape index (κ1) is 17.3. The van der Waals surface area contributed by atoms with Gasteiger partial charge in [-0.1, -0.05) is 18.7 Å². The Kier molecular flexibility index (Phi) is 6.69. The molecule has 0 unspecified atom stereocenters. The molecule has 1 aromatic carbocycles. The minimum Gasteiger partial charge on any atom is -0.325 e. The zero-order valence-electron chi connectivity index (χ0n) is 12.7. The predicted molar refractivity (Wildman–Crippen MR) is 98.2 cm³/mol. The quantitative estimate of drug-likeness (QED) is 0.539. The topological polar surface area (TPSA) is 59.8 Å². The summed E-state index contributed by atoms with van der Waals surface area (Å²) in [6.45, 7) is 5.01. The summed E-state index contributed by atoms with van der Waals surface area (Å²) < 4.78 is 3.22. The Bertz CT molecular complexity index is 627. The number of nitrogens with one attached hydrogen (secondary N) is 1. The summed E-state index contributed by atoms with van der Waals surface area (Å²) >= 11 is 3.66. The van der Waals surface area contributed by atoms with E-state index in [0.717, 1.165) is 39.6 Å². The van der Waals surface area contributed by atoms with E-state index in [4.69, 9.17) is 0 Å². The van der Waals surface area contributed by atoms with Crippen molar-refractivity contribution < 1.29 is 4.79 Å². The molecule has 7 heteroatoms. The number of thioether (sulfide) groups is 1. The normalized spacial score (nSPS) is 10.7. The van der Waals surface area contributed by atoms with Gasteiger partial charge in [0.2, 0.25) is 5.91 Å². The van der Waals surface area contributed by atoms with Gasteiger partial charge in [0.25, 0.3) is 0 Å². The molecule has 1 amide bonds. The Hall–Kier alpha value is -1.09. The van der Waals surface area contributed by atoms with Crippen molar-refractivity contribution in [3.05, 3.63) is 33.7 Å². The summed E-state index contributed by atoms with van der Waals surface area (Å²) in [4.78, 5) is 12.0. The Morgan fingerprint density at radius 3 is 2.64 bits per heavy atom. The molecular weight excluding hydrogens is 411 g/mol. The Balaban J connectivity index is 1.92. The molecule has 1 aromatic heterocycles. The molecule has 1 N–H and O–H groups in total. The van der Waals surface area contributed by atoms with Gasteiger partial charge in [-0.25, -0.2) is 0 Å². The molecule has 22 heavy (non-hydrogen) atoms. The highest BCUT2D eigenvalue weighted by Gasteiger charge is 2.12. The number of carbonyl (C=O) groups excluding carboxylic acids is 1. The number of carbonyl (C=O) groups is 1. The second-order valence-corrected chi connectivity index (χ2v) is 6.92. The van der Waals surface area contributed by atoms with Crippen LogP contribution in [0.5, 0.6) is 0 Å². The summed E-state index contributed by atoms with van der Waals surface area (Å²) in [5.41, 5.74) is 0.814. The number of anilines is 1. The van der Waals surface area contributed by atoms with E-state index < -0.39 is 0 Å². The maximum absolute atomic E-state index is 12.0. The van der Waals surface area contributed by atoms with Crippen LogP contribution in [-0.2, 0) is 17.8 Å². The van der Waals surface area contributed by atoms with Crippen LogP contribution in [0.4, 0.5) is 5.69 Å². The summed E-state index contributed by atoms with van der Waals surface area (Å²) in [6.07, 6.45) is 1.95. The van der Waals surface area contributed by atoms with Gasteiger partial charge in [-0.15, -0.1) is 10.2 Å². The van der Waals surface area contributed by atoms with E-state index in [1.165, 1.54) is 11.8 Å². The summed E-state index contributed by atoms with van der Waals surface area (Å²) in [6, 6.07) is 7.73. The van der Waals surface area contributed by atoms with Crippen molar-refractivity contribution in [1.29, 1.82) is 0 Å². The van der Waals surface area contributed by atoms with Crippen molar-refractivity contribution in [3.63, 3.8) is 0 Å². The van der Waals surface area contributed by atoms with Crippen molar-refractivity contribution in [3.8, 4) is 0 Å². The second-order valence-electron chi connectivity index (χ2n) is 4.74. The summed E-state index contributed by atoms with van der Waals surface area (Å²) in [7, 11) is 0. The monoisotopic (exact) mass is 430 g/mol. The lowest BCUT2D eigenvalue weighted by Crippen LogP contribution is -2.14. The van der Waals surface area contributed by atoms with Crippen molar-refractivity contribution in [2.24, 2.45) is 0 Å². The molecular formula is C15H19IN4OS. The molecule has 0 aliphatic rings. The van der Waals surface area contributed by atoms with Crippen LogP contribution in [0, 0.1) is 3.57 Å². The fourth-order valence-electron chi connectivity index (χ4n) is 2.01. The molecule has 2 rings (SSSR count). The van der Waals surface area contributed by atoms with Crippen molar-refractivity contribution in [2.45, 2.75) is 38.4 Å². The number of benzene rings is 1. The maximum atomic E-state index is 12.0. The molecule has 1 heterocycles. The average Bonchev–Trinajstić information content (AvgIpc) is 2.90. The minimum atomic E-state index is -0.0334. The second kappa shape index (κ2) is 8.52. The predicted octanol–water partition coefficient (Wildman–Crippen LogP) is 3.59. The van der Waals surface area contributed by atoms with Crippen molar-refractivity contribution >= 4 is 45.9 Å². The number of halogens is 1. The third-order valence-electron chi connectivity index (χ3n) is 3.04. The SMILES string of the molecule is CCCc1nnc(SCC(=O)Nc2ccc(I)cc2)n1CC. The molecule has 0 bridgehead atoms. The zero-order valence-corrected chi connectivity index (χ0v) is 15.6. The van der Waals surface area contributed by atoms with Crippen molar-refractivity contribution in [2.75, 3.05) is 11.1 Å². The Morgan fingerprint density at radius 2 is 2.00 bits per heavy atom. The molecule has 0 saturated heterocycles. The van der Waals surface area contributed by atoms with E-state index in [1.54, 1.807) is 0 Å². The number of rotatable bonds is 7. The molecule has 0 spiro atoms. The van der Waals surface area contributed by atoms with E-state index in [-0.39, 0.29) is 5.91 Å². The minimum absolute atomic E-state index is 0.0334. The number of nitrogens with zero attached hydrogens (tertiary/aromatic N) is 3. The maximum Gasteiger partial charge on any atom is 0.234 e. The molecule has 118 valence electrons. The van der Waals surface area contributed by atoms with Gasteiger partial charge in [-0.2, -0.15) is 0 Å². The number of aryl methyl sites for hydroxylation is 1. The van der Waals surface area contributed by atoms with Gasteiger partial charge < -0.3 is 9.88 Å². The highest BCUT2D eigenvalue weighted by Crippen LogP contribution is 2.18. The highest BCUT2D eigenvalue weighted by molar-refractivity contribution is 14.1. The van der Waals surface area contributed by atoms with Gasteiger partial charge in [-0.3, -0.25) is 4.79 Å². The van der Waals surface area contributed by atoms with Crippen LogP contribution in [0.15, 0.2) is 29.4 Å². The van der Waals surface area contributed by atoms with Gasteiger partial charge in [0.05, 0.1) is 5.75 Å². The van der Waals surface area contributed by atoms with Crippen LogP contribution in [-0.4, -0.2) is 26.4 Å². The van der Waals surface area contributed by atoms with Crippen molar-refractivity contribution in [1.82, 2.24) is 14.8 Å². The average molecular weight is 430 g/mol. The van der Waals surface area contributed by atoms with Gasteiger partial charge in [0.1, 0.15) is 5.82 Å². The smallest absolute Gasteiger partial charge is 0.234 e. The van der Waals surface area contributed by atoms with Crippen LogP contribution in [0.3, 0.4) is 0 Å². The largest absolute Gasteiger partial charge is 0.325 e. The highest BCUT2D eigenvalue weighted by atomic mass is 127. The van der Waals surface area contributed by atoms with E-state index >= 15 is 0 Å². The zero-order chi connectivity index (χ0) is 15.9. The Morgan fingerprint density at radius 1 is 1.27 bits per heavy atom. The third kappa shape index (κ3) is 4.70. The summed E-state index contributed by atoms with van der Waals surface area (Å²) in [5, 5.41) is 12.1. The third-order valence-corrected chi connectivity index (χ3v) is 4.73. The van der Waals surface area contributed by atoms with Gasteiger partial charge in [-0.05, 0) is 60.2 Å². The lowest BCUT2D eigenvalue weighted by atomic mass is 10.3. The molecule has 0 atom stereocenters. The standard InChI is InChI=1S/C15H19IN4OS/c1-3-5-13-18-19-15(20(13)4-2)22-10-14(21)17-12-8-6-11(16)7-9-12/h6-9H,3-5,10H2,1-2H3,(H,17,21). The first-order valence-corrected chi connectivity index (χ1v) is 9.30. The van der Waals surface area contributed by atoms with Gasteiger partial charge in [0, 0.05) is 22.2 Å². The van der Waals surface area contributed by atoms with Gasteiger partial charge in [0.15, 0.2) is 5.16 Å². The molecule has 5 nitrogen and oxygen atoms in total. The van der Waals surface area contributed by atoms with E-state index in [9.17, 15) is 4.79 Å². The lowest BCUT2D eigenvalue weighted by Gasteiger charge is -2.07. The van der Waals surface area contributed by atoms with Crippen LogP contribution < -0.4 is 5.32 Å². The molecule has 0 fully saturated rings. The van der Waals surface area contributed by atoms with Crippen LogP contribution in [0.25, 0.3) is 0 Å². The molecule has 0 aliphatic carbocycles. The summed E-state index contributed by atoms with van der Waals surface area (Å²) in [5.74, 6) is 1.29. The molecule has 2 aromatic rings. The van der Waals surface area contributed by atoms with Crippen LogP contribution in [0.2, 0.25) is 0 Å². The van der Waals surface area contributed by atoms with Crippen LogP contribution in [0.1, 0.15) is 26.1 Å². The lowest BCUT2D eigenvalue weighted by molar-refractivity contribution is -0.113. The number of hydrogen-bond acceptors (Lipinski definition) is 4. The Labute approximate surface area is 148 Å². The van der Waals surface area contributed by atoms with E-state index in [1.807, 2.05) is 24.3 Å². The van der Waals surface area contributed by atoms with Gasteiger partial charge >= 0.3 is 0 Å². The first-order valence-electron chi connectivity index (χ1n) is 7.24. The number of amides is 1. The molecule has 0 saturated carbocycles. The number of aromatic nitrogens is 3. The number of hydrogen-bond donors (Lipinski definition) is 1. The fourth-order valence-corrected chi connectivity index (χ4v) is 3.19. The first-order chi connectivity index (χ1) is 10.6. The van der Waals surface area contributed by atoms with E-state index in [2.05, 4.69) is 56.5 Å². The fraction of sp³-hybridized carbons (Fsp3) is 0.400.